The van der Waals surface area contributed by atoms with E-state index in [4.69, 9.17) is 4.74 Å². The number of ether oxygens (including phenoxy) is 1. The molecule has 1 aromatic heterocycles. The molecule has 0 unspecified atom stereocenters. The molecule has 3 rings (SSSR count). The number of aryl methyl sites for hydroxylation is 1. The summed E-state index contributed by atoms with van der Waals surface area (Å²) in [5, 5.41) is 1.99. The van der Waals surface area contributed by atoms with E-state index in [1.807, 2.05) is 30.5 Å². The first kappa shape index (κ1) is 25.2. The van der Waals surface area contributed by atoms with E-state index < -0.39 is 0 Å². The van der Waals surface area contributed by atoms with Crippen molar-refractivity contribution in [2.24, 2.45) is 0 Å². The quantitative estimate of drug-likeness (QED) is 0.363. The molecule has 0 N–H and O–H groups in total. The first-order valence-electron chi connectivity index (χ1n) is 11.0. The number of carbonyl (C=O) groups is 2. The summed E-state index contributed by atoms with van der Waals surface area (Å²) in [7, 11) is 1.59. The van der Waals surface area contributed by atoms with Gasteiger partial charge in [0.05, 0.1) is 20.1 Å². The Hall–Kier alpha value is -3.45. The molecule has 0 aliphatic heterocycles. The first-order valence-corrected chi connectivity index (χ1v) is 11.8. The average Bonchev–Trinajstić information content (AvgIpc) is 3.24. The van der Waals surface area contributed by atoms with E-state index >= 15 is 0 Å². The van der Waals surface area contributed by atoms with E-state index in [-0.39, 0.29) is 37.1 Å². The largest absolute Gasteiger partial charge is 0.497 e. The zero-order valence-electron chi connectivity index (χ0n) is 19.5. The summed E-state index contributed by atoms with van der Waals surface area (Å²) in [5.41, 5.74) is 2.77. The van der Waals surface area contributed by atoms with Gasteiger partial charge in [-0.2, -0.15) is 0 Å². The van der Waals surface area contributed by atoms with Crippen LogP contribution in [-0.2, 0) is 29.1 Å². The third kappa shape index (κ3) is 7.02. The highest BCUT2D eigenvalue weighted by Crippen LogP contribution is 2.20. The number of rotatable bonds is 11. The number of amides is 2. The maximum atomic E-state index is 13.4. The minimum atomic E-state index is -0.322. The lowest BCUT2D eigenvalue weighted by Crippen LogP contribution is -2.43. The summed E-state index contributed by atoms with van der Waals surface area (Å²) in [4.78, 5) is 30.7. The molecule has 5 nitrogen and oxygen atoms in total. The number of carbonyl (C=O) groups excluding carboxylic acids is 2. The number of halogens is 1. The van der Waals surface area contributed by atoms with Gasteiger partial charge in [-0.3, -0.25) is 9.59 Å². The highest BCUT2D eigenvalue weighted by Gasteiger charge is 2.22. The van der Waals surface area contributed by atoms with Crippen LogP contribution in [0.5, 0.6) is 5.75 Å². The third-order valence-electron chi connectivity index (χ3n) is 5.48. The minimum absolute atomic E-state index is 0.0629. The molecule has 0 radical (unpaired) electrons. The number of benzene rings is 2. The van der Waals surface area contributed by atoms with E-state index in [2.05, 4.69) is 6.58 Å². The zero-order chi connectivity index (χ0) is 24.5. The fraction of sp³-hybridized carbons (Fsp3) is 0.259. The average molecular weight is 481 g/mol. The molecule has 178 valence electrons. The van der Waals surface area contributed by atoms with Crippen molar-refractivity contribution in [2.75, 3.05) is 20.2 Å². The molecule has 0 saturated heterocycles. The summed E-state index contributed by atoms with van der Waals surface area (Å²) in [6.07, 6.45) is 1.79. The standard InChI is InChI=1S/C27H29FN2O3S/c1-4-14-29(26(31)16-21-7-11-24(33-3)12-8-21)19-27(32)30(18-25-20(2)13-15-34-25)17-22-5-9-23(28)10-6-22/h4-13,15H,1,14,16-19H2,2-3H3. The minimum Gasteiger partial charge on any atom is -0.497 e. The molecular formula is C27H29FN2O3S. The Morgan fingerprint density at radius 3 is 2.24 bits per heavy atom. The topological polar surface area (TPSA) is 49.9 Å². The van der Waals surface area contributed by atoms with Gasteiger partial charge < -0.3 is 14.5 Å². The number of hydrogen-bond acceptors (Lipinski definition) is 4. The molecule has 1 heterocycles. The maximum Gasteiger partial charge on any atom is 0.242 e. The van der Waals surface area contributed by atoms with Gasteiger partial charge in [0.2, 0.25) is 11.8 Å². The van der Waals surface area contributed by atoms with Gasteiger partial charge in [-0.25, -0.2) is 4.39 Å². The summed E-state index contributed by atoms with van der Waals surface area (Å²) >= 11 is 1.59. The number of thiophene rings is 1. The molecule has 0 aliphatic rings. The van der Waals surface area contributed by atoms with Crippen LogP contribution in [0.3, 0.4) is 0 Å². The summed E-state index contributed by atoms with van der Waals surface area (Å²) in [6, 6.07) is 15.4. The lowest BCUT2D eigenvalue weighted by Gasteiger charge is -2.27. The molecule has 0 fully saturated rings. The Kier molecular flexibility index (Phi) is 8.99. The second-order valence-electron chi connectivity index (χ2n) is 7.99. The van der Waals surface area contributed by atoms with Gasteiger partial charge >= 0.3 is 0 Å². The van der Waals surface area contributed by atoms with Crippen LogP contribution in [0.2, 0.25) is 0 Å². The lowest BCUT2D eigenvalue weighted by molar-refractivity contribution is -0.140. The van der Waals surface area contributed by atoms with Crippen molar-refractivity contribution >= 4 is 23.2 Å². The summed E-state index contributed by atoms with van der Waals surface area (Å²) in [6.45, 7) is 6.71. The third-order valence-corrected chi connectivity index (χ3v) is 6.49. The Balaban J connectivity index is 1.74. The number of hydrogen-bond donors (Lipinski definition) is 0. The first-order chi connectivity index (χ1) is 16.4. The van der Waals surface area contributed by atoms with E-state index in [0.29, 0.717) is 13.1 Å². The molecule has 34 heavy (non-hydrogen) atoms. The predicted octanol–water partition coefficient (Wildman–Crippen LogP) is 4.99. The molecule has 0 aliphatic carbocycles. The van der Waals surface area contributed by atoms with Crippen molar-refractivity contribution in [3.8, 4) is 5.75 Å². The van der Waals surface area contributed by atoms with Crippen molar-refractivity contribution in [3.05, 3.63) is 100 Å². The molecule has 0 bridgehead atoms. The molecule has 7 heteroatoms. The van der Waals surface area contributed by atoms with Crippen molar-refractivity contribution in [1.29, 1.82) is 0 Å². The van der Waals surface area contributed by atoms with Crippen LogP contribution < -0.4 is 4.74 Å². The second-order valence-corrected chi connectivity index (χ2v) is 8.99. The van der Waals surface area contributed by atoms with Crippen molar-refractivity contribution < 1.29 is 18.7 Å². The molecule has 0 atom stereocenters. The van der Waals surface area contributed by atoms with Crippen LogP contribution in [0.4, 0.5) is 4.39 Å². The van der Waals surface area contributed by atoms with Gasteiger partial charge in [0.25, 0.3) is 0 Å². The number of nitrogens with zero attached hydrogens (tertiary/aromatic N) is 2. The summed E-state index contributed by atoms with van der Waals surface area (Å²) < 4.78 is 18.5. The molecule has 2 amide bonds. The van der Waals surface area contributed by atoms with Gasteiger partial charge in [-0.15, -0.1) is 17.9 Å². The van der Waals surface area contributed by atoms with Crippen LogP contribution in [0.15, 0.2) is 72.6 Å². The molecular weight excluding hydrogens is 451 g/mol. The SMILES string of the molecule is C=CCN(CC(=O)N(Cc1ccc(F)cc1)Cc1sccc1C)C(=O)Cc1ccc(OC)cc1. The van der Waals surface area contributed by atoms with E-state index in [0.717, 1.165) is 27.3 Å². The Morgan fingerprint density at radius 1 is 0.971 bits per heavy atom. The number of methoxy groups -OCH3 is 1. The van der Waals surface area contributed by atoms with E-state index in [1.54, 1.807) is 53.7 Å². The Labute approximate surface area is 204 Å². The van der Waals surface area contributed by atoms with Crippen molar-refractivity contribution in [1.82, 2.24) is 9.80 Å². The molecule has 0 saturated carbocycles. The van der Waals surface area contributed by atoms with E-state index in [1.165, 1.54) is 17.0 Å². The van der Waals surface area contributed by atoms with Gasteiger partial charge in [-0.1, -0.05) is 30.3 Å². The zero-order valence-corrected chi connectivity index (χ0v) is 20.3. The predicted molar refractivity (Wildman–Crippen MR) is 133 cm³/mol. The van der Waals surface area contributed by atoms with Gasteiger partial charge in [0.15, 0.2) is 0 Å². The highest BCUT2D eigenvalue weighted by atomic mass is 32.1. The van der Waals surface area contributed by atoms with Crippen LogP contribution in [0, 0.1) is 12.7 Å². The fourth-order valence-electron chi connectivity index (χ4n) is 3.49. The van der Waals surface area contributed by atoms with Crippen molar-refractivity contribution in [3.63, 3.8) is 0 Å². The van der Waals surface area contributed by atoms with Crippen LogP contribution in [-0.4, -0.2) is 41.8 Å². The van der Waals surface area contributed by atoms with Crippen molar-refractivity contribution in [2.45, 2.75) is 26.4 Å². The molecule has 3 aromatic rings. The fourth-order valence-corrected chi connectivity index (χ4v) is 4.41. The molecule has 2 aromatic carbocycles. The van der Waals surface area contributed by atoms with Gasteiger partial charge in [-0.05, 0) is 59.3 Å². The Morgan fingerprint density at radius 2 is 1.65 bits per heavy atom. The van der Waals surface area contributed by atoms with Crippen LogP contribution >= 0.6 is 11.3 Å². The lowest BCUT2D eigenvalue weighted by atomic mass is 10.1. The van der Waals surface area contributed by atoms with Crippen LogP contribution in [0.25, 0.3) is 0 Å². The van der Waals surface area contributed by atoms with Gasteiger partial charge in [0.1, 0.15) is 18.1 Å². The van der Waals surface area contributed by atoms with E-state index in [9.17, 15) is 14.0 Å². The van der Waals surface area contributed by atoms with Crippen LogP contribution in [0.1, 0.15) is 21.6 Å². The Bertz CT molecular complexity index is 1110. The monoisotopic (exact) mass is 480 g/mol. The second kappa shape index (κ2) is 12.1. The molecule has 0 spiro atoms. The highest BCUT2D eigenvalue weighted by molar-refractivity contribution is 7.10. The summed E-state index contributed by atoms with van der Waals surface area (Å²) in [5.74, 6) is 0.0566. The smallest absolute Gasteiger partial charge is 0.242 e. The normalized spacial score (nSPS) is 10.6. The maximum absolute atomic E-state index is 13.4. The van der Waals surface area contributed by atoms with Gasteiger partial charge in [0, 0.05) is 18.0 Å².